The molecule has 0 aliphatic carbocycles. The fourth-order valence-corrected chi connectivity index (χ4v) is 3.84. The minimum Gasteiger partial charge on any atom is -0.371 e. The second-order valence-electron chi connectivity index (χ2n) is 7.47. The fourth-order valence-electron chi connectivity index (χ4n) is 3.84. The van der Waals surface area contributed by atoms with Gasteiger partial charge in [0.25, 0.3) is 0 Å². The van der Waals surface area contributed by atoms with E-state index < -0.39 is 0 Å². The van der Waals surface area contributed by atoms with Crippen molar-refractivity contribution in [3.05, 3.63) is 42.2 Å². The maximum absolute atomic E-state index is 12.6. The Hall–Kier alpha value is -2.71. The van der Waals surface area contributed by atoms with Gasteiger partial charge in [-0.15, -0.1) is 0 Å². The van der Waals surface area contributed by atoms with E-state index in [0.717, 1.165) is 30.8 Å². The van der Waals surface area contributed by atoms with Crippen LogP contribution in [0.25, 0.3) is 0 Å². The molecule has 0 bridgehead atoms. The second kappa shape index (κ2) is 8.75. The lowest BCUT2D eigenvalue weighted by Crippen LogP contribution is -2.42. The molecule has 1 aromatic carbocycles. The van der Waals surface area contributed by atoms with E-state index in [2.05, 4.69) is 15.3 Å². The first-order chi connectivity index (χ1) is 14.1. The average Bonchev–Trinajstić information content (AvgIpc) is 3.37. The van der Waals surface area contributed by atoms with Crippen LogP contribution in [0.4, 0.5) is 11.4 Å². The number of hydrogen-bond acceptors (Lipinski definition) is 5. The van der Waals surface area contributed by atoms with Crippen LogP contribution in [0.15, 0.2) is 36.7 Å². The van der Waals surface area contributed by atoms with Crippen molar-refractivity contribution in [1.29, 1.82) is 0 Å². The highest BCUT2D eigenvalue weighted by atomic mass is 16.5. The van der Waals surface area contributed by atoms with Crippen molar-refractivity contribution in [2.45, 2.75) is 32.4 Å². The van der Waals surface area contributed by atoms with E-state index in [9.17, 15) is 9.59 Å². The number of amides is 2. The van der Waals surface area contributed by atoms with Crippen molar-refractivity contribution in [2.75, 3.05) is 43.0 Å². The Labute approximate surface area is 170 Å². The Morgan fingerprint density at radius 3 is 3.00 bits per heavy atom. The number of nitrogens with zero attached hydrogens (tertiary/aromatic N) is 4. The highest BCUT2D eigenvalue weighted by Gasteiger charge is 2.25. The standard InChI is InChI=1S/C21H27N5O3/c1-2-25-13-16(12-22-25)19-14-24(9-10-29-19)15-20(27)23-17-5-3-6-18(11-17)26-8-4-7-21(26)28/h3,5-6,11-13,19H,2,4,7-10,14-15H2,1H3,(H,23,27)/t19-/m0/s1. The number of morpholine rings is 1. The van der Waals surface area contributed by atoms with Crippen LogP contribution in [0.3, 0.4) is 0 Å². The van der Waals surface area contributed by atoms with E-state index in [-0.39, 0.29) is 17.9 Å². The van der Waals surface area contributed by atoms with E-state index in [1.807, 2.05) is 48.3 Å². The van der Waals surface area contributed by atoms with E-state index in [0.29, 0.717) is 38.3 Å². The van der Waals surface area contributed by atoms with Crippen LogP contribution in [0.1, 0.15) is 31.4 Å². The zero-order chi connectivity index (χ0) is 20.2. The van der Waals surface area contributed by atoms with Gasteiger partial charge in [0.1, 0.15) is 0 Å². The Bertz CT molecular complexity index is 881. The molecule has 1 N–H and O–H groups in total. The Kier molecular flexibility index (Phi) is 5.92. The van der Waals surface area contributed by atoms with Crippen molar-refractivity contribution in [3.8, 4) is 0 Å². The van der Waals surface area contributed by atoms with Crippen LogP contribution >= 0.6 is 0 Å². The lowest BCUT2D eigenvalue weighted by Gasteiger charge is -2.32. The predicted molar refractivity (Wildman–Crippen MR) is 110 cm³/mol. The monoisotopic (exact) mass is 397 g/mol. The van der Waals surface area contributed by atoms with E-state index in [1.54, 1.807) is 4.90 Å². The first kappa shape index (κ1) is 19.6. The van der Waals surface area contributed by atoms with Gasteiger partial charge in [0.05, 0.1) is 25.5 Å². The van der Waals surface area contributed by atoms with E-state index >= 15 is 0 Å². The fraction of sp³-hybridized carbons (Fsp3) is 0.476. The summed E-state index contributed by atoms with van der Waals surface area (Å²) in [6, 6.07) is 7.49. The lowest BCUT2D eigenvalue weighted by molar-refractivity contribution is -0.119. The number of carbonyl (C=O) groups is 2. The van der Waals surface area contributed by atoms with Crippen LogP contribution in [-0.2, 0) is 20.9 Å². The second-order valence-corrected chi connectivity index (χ2v) is 7.47. The number of aryl methyl sites for hydroxylation is 1. The third-order valence-corrected chi connectivity index (χ3v) is 5.38. The van der Waals surface area contributed by atoms with Gasteiger partial charge in [-0.25, -0.2) is 0 Å². The zero-order valence-corrected chi connectivity index (χ0v) is 16.7. The molecule has 8 heteroatoms. The summed E-state index contributed by atoms with van der Waals surface area (Å²) in [5.74, 6) is 0.0685. The summed E-state index contributed by atoms with van der Waals surface area (Å²) >= 11 is 0. The summed E-state index contributed by atoms with van der Waals surface area (Å²) < 4.78 is 7.75. The molecule has 0 radical (unpaired) electrons. The minimum atomic E-state index is -0.0696. The van der Waals surface area contributed by atoms with Gasteiger partial charge in [0.2, 0.25) is 11.8 Å². The molecule has 1 atom stereocenters. The van der Waals surface area contributed by atoms with E-state index in [4.69, 9.17) is 4.74 Å². The molecule has 0 spiro atoms. The van der Waals surface area contributed by atoms with Crippen LogP contribution in [0.2, 0.25) is 0 Å². The number of benzene rings is 1. The maximum Gasteiger partial charge on any atom is 0.238 e. The third-order valence-electron chi connectivity index (χ3n) is 5.38. The normalized spacial score (nSPS) is 20.2. The van der Waals surface area contributed by atoms with E-state index in [1.165, 1.54) is 0 Å². The first-order valence-corrected chi connectivity index (χ1v) is 10.2. The van der Waals surface area contributed by atoms with Gasteiger partial charge in [-0.2, -0.15) is 5.10 Å². The summed E-state index contributed by atoms with van der Waals surface area (Å²) in [5.41, 5.74) is 2.59. The lowest BCUT2D eigenvalue weighted by atomic mass is 10.1. The van der Waals surface area contributed by atoms with Gasteiger partial charge in [0.15, 0.2) is 0 Å². The molecule has 154 valence electrons. The average molecular weight is 397 g/mol. The van der Waals surface area contributed by atoms with Crippen LogP contribution in [0, 0.1) is 0 Å². The summed E-state index contributed by atoms with van der Waals surface area (Å²) in [6.07, 6.45) is 5.24. The number of aromatic nitrogens is 2. The number of ether oxygens (including phenoxy) is 1. The number of nitrogens with one attached hydrogen (secondary N) is 1. The minimum absolute atomic E-state index is 0.0682. The number of carbonyl (C=O) groups excluding carboxylic acids is 2. The molecule has 0 saturated carbocycles. The third kappa shape index (κ3) is 4.65. The molecule has 2 fully saturated rings. The molecule has 29 heavy (non-hydrogen) atoms. The molecule has 2 aromatic rings. The Morgan fingerprint density at radius 1 is 1.34 bits per heavy atom. The molecular formula is C21H27N5O3. The van der Waals surface area contributed by atoms with Crippen LogP contribution in [-0.4, -0.2) is 59.3 Å². The van der Waals surface area contributed by atoms with Gasteiger partial charge < -0.3 is 15.0 Å². The van der Waals surface area contributed by atoms with Crippen molar-refractivity contribution in [1.82, 2.24) is 14.7 Å². The molecule has 2 amide bonds. The first-order valence-electron chi connectivity index (χ1n) is 10.2. The summed E-state index contributed by atoms with van der Waals surface area (Å²) in [5, 5.41) is 7.27. The Balaban J connectivity index is 1.34. The zero-order valence-electron chi connectivity index (χ0n) is 16.7. The quantitative estimate of drug-likeness (QED) is 0.807. The predicted octanol–water partition coefficient (Wildman–Crippen LogP) is 2.04. The van der Waals surface area contributed by atoms with Gasteiger partial charge in [-0.05, 0) is 31.5 Å². The SMILES string of the molecule is CCn1cc([C@@H]2CN(CC(=O)Nc3cccc(N4CCCC4=O)c3)CCO2)cn1. The number of hydrogen-bond donors (Lipinski definition) is 1. The molecule has 2 aliphatic heterocycles. The van der Waals surface area contributed by atoms with Gasteiger partial charge in [-0.1, -0.05) is 6.07 Å². The van der Waals surface area contributed by atoms with Crippen molar-refractivity contribution in [3.63, 3.8) is 0 Å². The van der Waals surface area contributed by atoms with Crippen molar-refractivity contribution in [2.24, 2.45) is 0 Å². The molecule has 1 aromatic heterocycles. The number of anilines is 2. The Morgan fingerprint density at radius 2 is 2.24 bits per heavy atom. The molecule has 2 saturated heterocycles. The highest BCUT2D eigenvalue weighted by molar-refractivity contribution is 5.97. The topological polar surface area (TPSA) is 79.7 Å². The van der Waals surface area contributed by atoms with Crippen molar-refractivity contribution >= 4 is 23.2 Å². The van der Waals surface area contributed by atoms with Crippen molar-refractivity contribution < 1.29 is 14.3 Å². The van der Waals surface area contributed by atoms with Gasteiger partial charge in [0, 0.05) is 55.7 Å². The van der Waals surface area contributed by atoms with Gasteiger partial charge in [-0.3, -0.25) is 19.2 Å². The maximum atomic E-state index is 12.6. The molecule has 8 nitrogen and oxygen atoms in total. The molecule has 3 heterocycles. The van der Waals surface area contributed by atoms with Crippen LogP contribution < -0.4 is 10.2 Å². The number of rotatable bonds is 6. The molecule has 4 rings (SSSR count). The van der Waals surface area contributed by atoms with Gasteiger partial charge >= 0.3 is 0 Å². The largest absolute Gasteiger partial charge is 0.371 e. The molecule has 0 unspecified atom stereocenters. The summed E-state index contributed by atoms with van der Waals surface area (Å²) in [7, 11) is 0. The summed E-state index contributed by atoms with van der Waals surface area (Å²) in [4.78, 5) is 28.4. The molecule has 2 aliphatic rings. The highest BCUT2D eigenvalue weighted by Crippen LogP contribution is 2.25. The molecular weight excluding hydrogens is 370 g/mol. The smallest absolute Gasteiger partial charge is 0.238 e. The summed E-state index contributed by atoms with van der Waals surface area (Å²) in [6.45, 7) is 5.86. The van der Waals surface area contributed by atoms with Crippen LogP contribution in [0.5, 0.6) is 0 Å².